The van der Waals surface area contributed by atoms with Crippen LogP contribution >= 0.6 is 0 Å². The predicted molar refractivity (Wildman–Crippen MR) is 125 cm³/mol. The third kappa shape index (κ3) is 5.22. The smallest absolute Gasteiger partial charge is 0.227 e. The topological polar surface area (TPSA) is 75.6 Å². The summed E-state index contributed by atoms with van der Waals surface area (Å²) in [5.74, 6) is 2.16. The van der Waals surface area contributed by atoms with Crippen molar-refractivity contribution in [1.82, 2.24) is 19.9 Å². The molecule has 2 N–H and O–H groups in total. The van der Waals surface area contributed by atoms with E-state index in [9.17, 15) is 0 Å². The van der Waals surface area contributed by atoms with E-state index in [1.165, 1.54) is 5.56 Å². The van der Waals surface area contributed by atoms with E-state index >= 15 is 0 Å². The van der Waals surface area contributed by atoms with Crippen LogP contribution in [-0.2, 0) is 6.42 Å². The summed E-state index contributed by atoms with van der Waals surface area (Å²) in [6.07, 6.45) is 0.767. The molecule has 0 saturated heterocycles. The van der Waals surface area contributed by atoms with Crippen LogP contribution in [0.25, 0.3) is 0 Å². The summed E-state index contributed by atoms with van der Waals surface area (Å²) in [5.41, 5.74) is 7.00. The molecule has 0 aliphatic rings. The largest absolute Gasteiger partial charge is 0.340 e. The number of aromatic nitrogens is 4. The normalized spacial score (nSPS) is 10.7. The van der Waals surface area contributed by atoms with E-state index in [0.717, 1.165) is 52.1 Å². The van der Waals surface area contributed by atoms with Crippen LogP contribution in [0.3, 0.4) is 0 Å². The van der Waals surface area contributed by atoms with Crippen molar-refractivity contribution in [1.29, 1.82) is 0 Å². The molecule has 2 aromatic heterocycles. The second-order valence-electron chi connectivity index (χ2n) is 7.65. The standard InChI is InChI=1S/C25H26N6/c1-16-13-17(2)27-25(26-16)31-22-12-8-11-21(15-22)30-24-23(18(3)28-19(4)29-24)14-20-9-6-5-7-10-20/h5-13,15H,14H2,1-4H3,(H,26,27,31)(H,28,29,30). The predicted octanol–water partition coefficient (Wildman–Crippen LogP) is 5.58. The molecule has 2 aromatic carbocycles. The molecule has 0 radical (unpaired) electrons. The molecular weight excluding hydrogens is 384 g/mol. The second-order valence-corrected chi connectivity index (χ2v) is 7.65. The van der Waals surface area contributed by atoms with Crippen molar-refractivity contribution in [2.24, 2.45) is 0 Å². The molecule has 31 heavy (non-hydrogen) atoms. The lowest BCUT2D eigenvalue weighted by Gasteiger charge is -2.15. The summed E-state index contributed by atoms with van der Waals surface area (Å²) in [7, 11) is 0. The highest BCUT2D eigenvalue weighted by Crippen LogP contribution is 2.26. The Morgan fingerprint density at radius 3 is 2.06 bits per heavy atom. The fourth-order valence-electron chi connectivity index (χ4n) is 3.57. The van der Waals surface area contributed by atoms with Gasteiger partial charge in [0.25, 0.3) is 0 Å². The zero-order valence-corrected chi connectivity index (χ0v) is 18.3. The maximum absolute atomic E-state index is 4.69. The Kier molecular flexibility index (Phi) is 5.89. The van der Waals surface area contributed by atoms with E-state index in [1.54, 1.807) is 0 Å². The average molecular weight is 411 g/mol. The van der Waals surface area contributed by atoms with Gasteiger partial charge in [-0.05, 0) is 57.5 Å². The van der Waals surface area contributed by atoms with Gasteiger partial charge in [-0.15, -0.1) is 0 Å². The number of benzene rings is 2. The van der Waals surface area contributed by atoms with Crippen LogP contribution in [-0.4, -0.2) is 19.9 Å². The summed E-state index contributed by atoms with van der Waals surface area (Å²) in [6.45, 7) is 7.88. The molecule has 0 amide bonds. The molecule has 6 nitrogen and oxygen atoms in total. The molecule has 4 aromatic rings. The quantitative estimate of drug-likeness (QED) is 0.432. The third-order valence-electron chi connectivity index (χ3n) is 4.91. The van der Waals surface area contributed by atoms with Crippen LogP contribution < -0.4 is 10.6 Å². The zero-order chi connectivity index (χ0) is 21.8. The van der Waals surface area contributed by atoms with Crippen LogP contribution in [0.4, 0.5) is 23.1 Å². The van der Waals surface area contributed by atoms with Crippen molar-refractivity contribution in [3.05, 3.63) is 94.7 Å². The minimum atomic E-state index is 0.591. The van der Waals surface area contributed by atoms with Crippen LogP contribution in [0, 0.1) is 27.7 Å². The fraction of sp³-hybridized carbons (Fsp3) is 0.200. The van der Waals surface area contributed by atoms with Crippen LogP contribution in [0.15, 0.2) is 60.7 Å². The first kappa shape index (κ1) is 20.5. The summed E-state index contributed by atoms with van der Waals surface area (Å²) in [4.78, 5) is 18.2. The maximum atomic E-state index is 4.69. The SMILES string of the molecule is Cc1cc(C)nc(Nc2cccc(Nc3nc(C)nc(C)c3Cc3ccccc3)c2)n1. The highest BCUT2D eigenvalue weighted by atomic mass is 15.1. The van der Waals surface area contributed by atoms with E-state index < -0.39 is 0 Å². The van der Waals surface area contributed by atoms with Gasteiger partial charge in [-0.2, -0.15) is 0 Å². The van der Waals surface area contributed by atoms with Gasteiger partial charge >= 0.3 is 0 Å². The molecule has 0 atom stereocenters. The molecular formula is C25H26N6. The number of anilines is 4. The van der Waals surface area contributed by atoms with Gasteiger partial charge in [-0.25, -0.2) is 19.9 Å². The highest BCUT2D eigenvalue weighted by molar-refractivity contribution is 5.67. The Labute approximate surface area is 182 Å². The highest BCUT2D eigenvalue weighted by Gasteiger charge is 2.12. The van der Waals surface area contributed by atoms with Crippen LogP contribution in [0.5, 0.6) is 0 Å². The Bertz CT molecular complexity index is 1180. The van der Waals surface area contributed by atoms with Crippen molar-refractivity contribution in [2.75, 3.05) is 10.6 Å². The molecule has 156 valence electrons. The molecule has 0 aliphatic heterocycles. The number of aryl methyl sites for hydroxylation is 4. The van der Waals surface area contributed by atoms with Gasteiger partial charge in [-0.3, -0.25) is 0 Å². The zero-order valence-electron chi connectivity index (χ0n) is 18.3. The van der Waals surface area contributed by atoms with Gasteiger partial charge < -0.3 is 10.6 Å². The van der Waals surface area contributed by atoms with Gasteiger partial charge in [0.1, 0.15) is 11.6 Å². The van der Waals surface area contributed by atoms with E-state index in [0.29, 0.717) is 5.95 Å². The molecule has 6 heteroatoms. The number of rotatable bonds is 6. The molecule has 0 bridgehead atoms. The number of hydrogen-bond donors (Lipinski definition) is 2. The molecule has 2 heterocycles. The van der Waals surface area contributed by atoms with E-state index in [-0.39, 0.29) is 0 Å². The lowest BCUT2D eigenvalue weighted by atomic mass is 10.0. The van der Waals surface area contributed by atoms with E-state index in [2.05, 4.69) is 49.9 Å². The monoisotopic (exact) mass is 410 g/mol. The van der Waals surface area contributed by atoms with Gasteiger partial charge in [0.05, 0.1) is 0 Å². The first-order chi connectivity index (χ1) is 15.0. The molecule has 0 spiro atoms. The van der Waals surface area contributed by atoms with Crippen molar-refractivity contribution in [3.63, 3.8) is 0 Å². The summed E-state index contributed by atoms with van der Waals surface area (Å²) < 4.78 is 0. The van der Waals surface area contributed by atoms with Crippen molar-refractivity contribution in [3.8, 4) is 0 Å². The number of nitrogens with zero attached hydrogens (tertiary/aromatic N) is 4. The van der Waals surface area contributed by atoms with Crippen LogP contribution in [0.2, 0.25) is 0 Å². The van der Waals surface area contributed by atoms with Crippen molar-refractivity contribution in [2.45, 2.75) is 34.1 Å². The van der Waals surface area contributed by atoms with Crippen LogP contribution in [0.1, 0.15) is 34.0 Å². The van der Waals surface area contributed by atoms with Gasteiger partial charge in [0.15, 0.2) is 0 Å². The molecule has 0 unspecified atom stereocenters. The fourth-order valence-corrected chi connectivity index (χ4v) is 3.57. The molecule has 0 saturated carbocycles. The first-order valence-corrected chi connectivity index (χ1v) is 10.3. The van der Waals surface area contributed by atoms with Crippen molar-refractivity contribution < 1.29 is 0 Å². The Balaban J connectivity index is 1.61. The van der Waals surface area contributed by atoms with Crippen molar-refractivity contribution >= 4 is 23.1 Å². The maximum Gasteiger partial charge on any atom is 0.227 e. The number of hydrogen-bond acceptors (Lipinski definition) is 6. The van der Waals surface area contributed by atoms with E-state index in [1.807, 2.05) is 64.1 Å². The summed E-state index contributed by atoms with van der Waals surface area (Å²) >= 11 is 0. The minimum Gasteiger partial charge on any atom is -0.340 e. The molecule has 0 fully saturated rings. The first-order valence-electron chi connectivity index (χ1n) is 10.3. The van der Waals surface area contributed by atoms with Gasteiger partial charge in [0.2, 0.25) is 5.95 Å². The third-order valence-corrected chi connectivity index (χ3v) is 4.91. The van der Waals surface area contributed by atoms with Gasteiger partial charge in [-0.1, -0.05) is 36.4 Å². The Morgan fingerprint density at radius 1 is 0.677 bits per heavy atom. The average Bonchev–Trinajstić information content (AvgIpc) is 2.71. The minimum absolute atomic E-state index is 0.591. The summed E-state index contributed by atoms with van der Waals surface area (Å²) in [5, 5.41) is 6.79. The lowest BCUT2D eigenvalue weighted by Crippen LogP contribution is -2.07. The summed E-state index contributed by atoms with van der Waals surface area (Å²) in [6, 6.07) is 20.4. The molecule has 0 aliphatic carbocycles. The molecule has 4 rings (SSSR count). The Morgan fingerprint density at radius 2 is 1.35 bits per heavy atom. The second kappa shape index (κ2) is 8.92. The van der Waals surface area contributed by atoms with Gasteiger partial charge in [0, 0.05) is 40.4 Å². The Hall–Kier alpha value is -3.80. The lowest BCUT2D eigenvalue weighted by molar-refractivity contribution is 0.965. The van der Waals surface area contributed by atoms with E-state index in [4.69, 9.17) is 4.98 Å². The number of nitrogens with one attached hydrogen (secondary N) is 2.